The van der Waals surface area contributed by atoms with Gasteiger partial charge in [-0.3, -0.25) is 4.79 Å². The maximum Gasteiger partial charge on any atom is 0.252 e. The number of hydrogen-bond acceptors (Lipinski definition) is 1. The van der Waals surface area contributed by atoms with Crippen molar-refractivity contribution in [1.29, 1.82) is 0 Å². The van der Waals surface area contributed by atoms with Crippen molar-refractivity contribution in [3.8, 4) is 0 Å². The molecule has 0 aliphatic heterocycles. The van der Waals surface area contributed by atoms with Crippen molar-refractivity contribution < 1.29 is 13.6 Å². The quantitative estimate of drug-likeness (QED) is 0.862. The number of benzene rings is 2. The van der Waals surface area contributed by atoms with Crippen molar-refractivity contribution in [2.24, 2.45) is 0 Å². The summed E-state index contributed by atoms with van der Waals surface area (Å²) in [6, 6.07) is 7.85. The van der Waals surface area contributed by atoms with Crippen LogP contribution >= 0.6 is 15.9 Å². The Bertz CT molecular complexity index is 688. The molecule has 0 bridgehead atoms. The normalized spacial score (nSPS) is 12.0. The number of hydrogen-bond donors (Lipinski definition) is 1. The maximum absolute atomic E-state index is 13.7. The van der Waals surface area contributed by atoms with Gasteiger partial charge in [0.25, 0.3) is 5.91 Å². The molecule has 0 fully saturated rings. The maximum atomic E-state index is 13.7. The third-order valence-electron chi connectivity index (χ3n) is 3.21. The Balaban J connectivity index is 2.23. The van der Waals surface area contributed by atoms with Gasteiger partial charge in [0.05, 0.1) is 11.6 Å². The van der Waals surface area contributed by atoms with E-state index in [0.717, 1.165) is 23.8 Å². The highest BCUT2D eigenvalue weighted by atomic mass is 79.9. The van der Waals surface area contributed by atoms with Gasteiger partial charge in [0.1, 0.15) is 11.6 Å². The van der Waals surface area contributed by atoms with Gasteiger partial charge in [-0.2, -0.15) is 0 Å². The van der Waals surface area contributed by atoms with Crippen LogP contribution in [0.4, 0.5) is 8.78 Å². The number of carbonyl (C=O) groups is 1. The molecule has 0 spiro atoms. The van der Waals surface area contributed by atoms with Crippen LogP contribution in [0.3, 0.4) is 0 Å². The van der Waals surface area contributed by atoms with E-state index in [-0.39, 0.29) is 11.5 Å². The summed E-state index contributed by atoms with van der Waals surface area (Å²) in [4.78, 5) is 12.2. The van der Waals surface area contributed by atoms with Crippen molar-refractivity contribution >= 4 is 21.8 Å². The summed E-state index contributed by atoms with van der Waals surface area (Å²) in [5.41, 5.74) is 1.50. The number of nitrogens with one attached hydrogen (secondary N) is 1. The highest BCUT2D eigenvalue weighted by molar-refractivity contribution is 9.10. The Labute approximate surface area is 130 Å². The van der Waals surface area contributed by atoms with Crippen LogP contribution in [-0.4, -0.2) is 5.91 Å². The van der Waals surface area contributed by atoms with Gasteiger partial charge in [0.15, 0.2) is 0 Å². The molecule has 0 aliphatic carbocycles. The first kappa shape index (κ1) is 15.6. The largest absolute Gasteiger partial charge is 0.345 e. The fraction of sp³-hybridized carbons (Fsp3) is 0.188. The molecule has 0 radical (unpaired) electrons. The molecule has 1 N–H and O–H groups in total. The van der Waals surface area contributed by atoms with E-state index in [0.29, 0.717) is 10.0 Å². The van der Waals surface area contributed by atoms with E-state index < -0.39 is 17.7 Å². The molecular formula is C16H14BrF2NO. The SMILES string of the molecule is Cc1cccc(C(=O)NC(C)c2cc(F)ccc2F)c1Br. The molecule has 110 valence electrons. The molecule has 1 amide bonds. The third kappa shape index (κ3) is 3.47. The summed E-state index contributed by atoms with van der Waals surface area (Å²) in [7, 11) is 0. The fourth-order valence-corrected chi connectivity index (χ4v) is 2.47. The van der Waals surface area contributed by atoms with Crippen LogP contribution in [-0.2, 0) is 0 Å². The average molecular weight is 354 g/mol. The number of carbonyl (C=O) groups excluding carboxylic acids is 1. The van der Waals surface area contributed by atoms with E-state index in [1.54, 1.807) is 19.1 Å². The summed E-state index contributed by atoms with van der Waals surface area (Å²) >= 11 is 3.36. The Kier molecular flexibility index (Phi) is 4.73. The molecule has 2 aromatic rings. The zero-order valence-corrected chi connectivity index (χ0v) is 13.2. The minimum atomic E-state index is -0.638. The predicted octanol–water partition coefficient (Wildman–Crippen LogP) is 4.53. The van der Waals surface area contributed by atoms with Crippen LogP contribution < -0.4 is 5.32 Å². The van der Waals surface area contributed by atoms with Crippen LogP contribution in [0.1, 0.15) is 34.5 Å². The van der Waals surface area contributed by atoms with Gasteiger partial charge in [-0.05, 0) is 59.6 Å². The van der Waals surface area contributed by atoms with Crippen molar-refractivity contribution in [1.82, 2.24) is 5.32 Å². The lowest BCUT2D eigenvalue weighted by Crippen LogP contribution is -2.27. The van der Waals surface area contributed by atoms with Crippen LogP contribution in [0.5, 0.6) is 0 Å². The standard InChI is InChI=1S/C16H14BrF2NO/c1-9-4-3-5-12(15(9)17)16(21)20-10(2)13-8-11(18)6-7-14(13)19/h3-8,10H,1-2H3,(H,20,21). The Morgan fingerprint density at radius 2 is 1.95 bits per heavy atom. The molecule has 0 aliphatic rings. The summed E-state index contributed by atoms with van der Waals surface area (Å²) < 4.78 is 27.6. The lowest BCUT2D eigenvalue weighted by molar-refractivity contribution is 0.0938. The molecule has 1 unspecified atom stereocenters. The smallest absolute Gasteiger partial charge is 0.252 e. The summed E-state index contributed by atoms with van der Waals surface area (Å²) in [5.74, 6) is -1.43. The monoisotopic (exact) mass is 353 g/mol. The van der Waals surface area contributed by atoms with Crippen LogP contribution in [0.15, 0.2) is 40.9 Å². The summed E-state index contributed by atoms with van der Waals surface area (Å²) in [6.07, 6.45) is 0. The first-order valence-corrected chi connectivity index (χ1v) is 7.20. The van der Waals surface area contributed by atoms with Crippen molar-refractivity contribution in [3.05, 3.63) is 69.2 Å². The van der Waals surface area contributed by atoms with Crippen LogP contribution in [0, 0.1) is 18.6 Å². The Hall–Kier alpha value is -1.75. The van der Waals surface area contributed by atoms with Gasteiger partial charge in [0.2, 0.25) is 0 Å². The molecule has 2 aromatic carbocycles. The molecule has 1 atom stereocenters. The van der Waals surface area contributed by atoms with Gasteiger partial charge >= 0.3 is 0 Å². The molecule has 2 nitrogen and oxygen atoms in total. The van der Waals surface area contributed by atoms with Crippen LogP contribution in [0.25, 0.3) is 0 Å². The minimum absolute atomic E-state index is 0.118. The Morgan fingerprint density at radius 3 is 2.67 bits per heavy atom. The van der Waals surface area contributed by atoms with Gasteiger partial charge in [0, 0.05) is 10.0 Å². The first-order valence-electron chi connectivity index (χ1n) is 6.41. The Morgan fingerprint density at radius 1 is 1.24 bits per heavy atom. The second-order valence-corrected chi connectivity index (χ2v) is 5.59. The van der Waals surface area contributed by atoms with E-state index in [9.17, 15) is 13.6 Å². The molecule has 2 rings (SSSR count). The first-order chi connectivity index (χ1) is 9.90. The van der Waals surface area contributed by atoms with Gasteiger partial charge in [-0.15, -0.1) is 0 Å². The summed E-state index contributed by atoms with van der Waals surface area (Å²) in [5, 5.41) is 2.67. The van der Waals surface area contributed by atoms with Crippen molar-refractivity contribution in [2.45, 2.75) is 19.9 Å². The van der Waals surface area contributed by atoms with Crippen molar-refractivity contribution in [2.75, 3.05) is 0 Å². The molecule has 0 saturated carbocycles. The van der Waals surface area contributed by atoms with Gasteiger partial charge in [-0.1, -0.05) is 12.1 Å². The molecule has 0 aromatic heterocycles. The topological polar surface area (TPSA) is 29.1 Å². The number of halogens is 3. The number of amides is 1. The van der Waals surface area contributed by atoms with E-state index in [4.69, 9.17) is 0 Å². The zero-order chi connectivity index (χ0) is 15.6. The zero-order valence-electron chi connectivity index (χ0n) is 11.6. The van der Waals surface area contributed by atoms with Crippen LogP contribution in [0.2, 0.25) is 0 Å². The predicted molar refractivity (Wildman–Crippen MR) is 81.1 cm³/mol. The number of rotatable bonds is 3. The van der Waals surface area contributed by atoms with E-state index >= 15 is 0 Å². The highest BCUT2D eigenvalue weighted by Crippen LogP contribution is 2.23. The van der Waals surface area contributed by atoms with Gasteiger partial charge < -0.3 is 5.32 Å². The second-order valence-electron chi connectivity index (χ2n) is 4.80. The number of aryl methyl sites for hydroxylation is 1. The van der Waals surface area contributed by atoms with Crippen molar-refractivity contribution in [3.63, 3.8) is 0 Å². The van der Waals surface area contributed by atoms with Gasteiger partial charge in [-0.25, -0.2) is 8.78 Å². The summed E-state index contributed by atoms with van der Waals surface area (Å²) in [6.45, 7) is 3.48. The molecular weight excluding hydrogens is 340 g/mol. The average Bonchev–Trinajstić information content (AvgIpc) is 2.44. The molecule has 5 heteroatoms. The lowest BCUT2D eigenvalue weighted by Gasteiger charge is -2.16. The van der Waals surface area contributed by atoms with E-state index in [1.165, 1.54) is 0 Å². The second kappa shape index (κ2) is 6.35. The lowest BCUT2D eigenvalue weighted by atomic mass is 10.1. The highest BCUT2D eigenvalue weighted by Gasteiger charge is 2.17. The van der Waals surface area contributed by atoms with E-state index in [2.05, 4.69) is 21.2 Å². The van der Waals surface area contributed by atoms with E-state index in [1.807, 2.05) is 13.0 Å². The molecule has 0 heterocycles. The molecule has 0 saturated heterocycles. The minimum Gasteiger partial charge on any atom is -0.345 e. The molecule has 21 heavy (non-hydrogen) atoms. The fourth-order valence-electron chi connectivity index (χ4n) is 2.02. The third-order valence-corrected chi connectivity index (χ3v) is 4.26.